The number of nitro groups is 1. The Bertz CT molecular complexity index is 2160. The quantitative estimate of drug-likeness (QED) is 0.0763. The van der Waals surface area contributed by atoms with E-state index in [4.69, 9.17) is 14.5 Å². The molecule has 0 N–H and O–H groups in total. The predicted octanol–water partition coefficient (Wildman–Crippen LogP) is 6.14. The fourth-order valence-electron chi connectivity index (χ4n) is 5.29. The normalized spacial score (nSPS) is 14.3. The van der Waals surface area contributed by atoms with Gasteiger partial charge in [-0.3, -0.25) is 19.5 Å². The number of aromatic nitrogens is 1. The summed E-state index contributed by atoms with van der Waals surface area (Å²) in [5, 5.41) is 11.0. The summed E-state index contributed by atoms with van der Waals surface area (Å²) in [5.41, 5.74) is 3.39. The Balaban J connectivity index is 1.48. The number of hydrogen-bond donors (Lipinski definition) is 0. The number of fused-ring (bicyclic) bond motifs is 1. The Morgan fingerprint density at radius 1 is 1.00 bits per heavy atom. The fourth-order valence-corrected chi connectivity index (χ4v) is 6.69. The molecule has 5 aromatic rings. The van der Waals surface area contributed by atoms with Gasteiger partial charge in [0, 0.05) is 28.2 Å². The minimum Gasteiger partial charge on any atom is -0.488 e. The molecule has 236 valence electrons. The first kappa shape index (κ1) is 31.7. The number of nitrogens with zero attached hydrogens (tertiary/aromatic N) is 3. The van der Waals surface area contributed by atoms with Crippen molar-refractivity contribution in [3.63, 3.8) is 0 Å². The topological polar surface area (TPSA) is 113 Å². The van der Waals surface area contributed by atoms with E-state index in [1.165, 1.54) is 23.5 Å². The van der Waals surface area contributed by atoms with Gasteiger partial charge >= 0.3 is 5.97 Å². The van der Waals surface area contributed by atoms with Crippen LogP contribution in [0.2, 0.25) is 0 Å². The molecule has 0 bridgehead atoms. The van der Waals surface area contributed by atoms with Gasteiger partial charge in [0.1, 0.15) is 12.4 Å². The van der Waals surface area contributed by atoms with Crippen molar-refractivity contribution in [2.24, 2.45) is 4.99 Å². The van der Waals surface area contributed by atoms with Crippen LogP contribution in [0.1, 0.15) is 35.2 Å². The molecule has 0 aliphatic carbocycles. The molecule has 0 radical (unpaired) electrons. The zero-order valence-electron chi connectivity index (χ0n) is 25.5. The monoisotopic (exact) mass is 663 g/mol. The first-order valence-corrected chi connectivity index (χ1v) is 16.8. The number of carbonyl (C=O) groups excluding carboxylic acids is 1. The van der Waals surface area contributed by atoms with Crippen LogP contribution in [0.3, 0.4) is 0 Å². The summed E-state index contributed by atoms with van der Waals surface area (Å²) in [6, 6.07) is 30.0. The summed E-state index contributed by atoms with van der Waals surface area (Å²) in [4.78, 5) is 44.9. The van der Waals surface area contributed by atoms with Gasteiger partial charge in [-0.15, -0.1) is 11.8 Å². The Kier molecular flexibility index (Phi) is 9.46. The molecule has 2 heterocycles. The minimum absolute atomic E-state index is 0.00422. The molecule has 0 amide bonds. The average Bonchev–Trinajstić information content (AvgIpc) is 3.41. The van der Waals surface area contributed by atoms with Gasteiger partial charge in [-0.25, -0.2) is 9.79 Å². The standard InChI is InChI=1S/C36H29N3O6S2/c1-3-44-35(41)31-32(24-9-5-4-6-10-24)37-36-38(33(31)25-15-19-28(46-2)20-16-25)34(40)30(47-36)21-26-11-7-8-12-29(26)45-22-23-13-17-27(18-14-23)39(42)43/h4-21,33H,3,22H2,1-2H3/b30-21+/t33-/m1/s1. The van der Waals surface area contributed by atoms with Crippen LogP contribution in [-0.4, -0.2) is 28.3 Å². The maximum atomic E-state index is 14.3. The van der Waals surface area contributed by atoms with Gasteiger partial charge in [0.05, 0.1) is 33.4 Å². The second-order valence-electron chi connectivity index (χ2n) is 10.5. The van der Waals surface area contributed by atoms with Crippen molar-refractivity contribution in [1.82, 2.24) is 4.57 Å². The molecule has 0 fully saturated rings. The second kappa shape index (κ2) is 14.0. The molecule has 1 atom stereocenters. The smallest absolute Gasteiger partial charge is 0.338 e. The fraction of sp³-hybridized carbons (Fsp3) is 0.139. The molecule has 1 aliphatic heterocycles. The first-order chi connectivity index (χ1) is 22.9. The summed E-state index contributed by atoms with van der Waals surface area (Å²) in [5.74, 6) is 0.00592. The highest BCUT2D eigenvalue weighted by molar-refractivity contribution is 7.98. The maximum Gasteiger partial charge on any atom is 0.338 e. The predicted molar refractivity (Wildman–Crippen MR) is 183 cm³/mol. The third kappa shape index (κ3) is 6.67. The van der Waals surface area contributed by atoms with E-state index in [-0.39, 0.29) is 24.5 Å². The SMILES string of the molecule is CCOC(=O)C1=C(c2ccccc2)N=c2s/c(=C/c3ccccc3OCc3ccc([N+](=O)[O-])cc3)c(=O)n2[C@@H]1c1ccc(SC)cc1. The summed E-state index contributed by atoms with van der Waals surface area (Å²) >= 11 is 2.84. The lowest BCUT2D eigenvalue weighted by Gasteiger charge is -2.26. The van der Waals surface area contributed by atoms with Crippen LogP contribution in [-0.2, 0) is 16.1 Å². The summed E-state index contributed by atoms with van der Waals surface area (Å²) < 4.78 is 13.6. The number of benzene rings is 4. The summed E-state index contributed by atoms with van der Waals surface area (Å²) in [7, 11) is 0. The number of hydrogen-bond acceptors (Lipinski definition) is 9. The van der Waals surface area contributed by atoms with Crippen molar-refractivity contribution in [3.8, 4) is 5.75 Å². The van der Waals surface area contributed by atoms with E-state index in [9.17, 15) is 19.7 Å². The number of para-hydroxylation sites is 1. The van der Waals surface area contributed by atoms with Gasteiger partial charge in [-0.1, -0.05) is 72.0 Å². The molecular formula is C36H29N3O6S2. The molecule has 0 spiro atoms. The van der Waals surface area contributed by atoms with Gasteiger partial charge in [0.2, 0.25) is 0 Å². The van der Waals surface area contributed by atoms with Crippen LogP contribution in [0.5, 0.6) is 5.75 Å². The van der Waals surface area contributed by atoms with Crippen LogP contribution in [0.25, 0.3) is 11.8 Å². The number of carbonyl (C=O) groups is 1. The Morgan fingerprint density at radius 3 is 2.38 bits per heavy atom. The summed E-state index contributed by atoms with van der Waals surface area (Å²) in [6.07, 6.45) is 3.75. The number of ether oxygens (including phenoxy) is 2. The highest BCUT2D eigenvalue weighted by atomic mass is 32.2. The van der Waals surface area contributed by atoms with E-state index >= 15 is 0 Å². The van der Waals surface area contributed by atoms with Crippen molar-refractivity contribution in [3.05, 3.63) is 161 Å². The molecule has 47 heavy (non-hydrogen) atoms. The maximum absolute atomic E-state index is 14.3. The molecule has 9 nitrogen and oxygen atoms in total. The molecule has 1 aromatic heterocycles. The van der Waals surface area contributed by atoms with E-state index < -0.39 is 16.9 Å². The molecule has 0 saturated carbocycles. The number of non-ortho nitro benzene ring substituents is 1. The Hall–Kier alpha value is -5.26. The van der Waals surface area contributed by atoms with Crippen molar-refractivity contribution >= 4 is 46.5 Å². The molecule has 0 unspecified atom stereocenters. The van der Waals surface area contributed by atoms with E-state index in [1.54, 1.807) is 47.5 Å². The van der Waals surface area contributed by atoms with Crippen LogP contribution in [0, 0.1) is 10.1 Å². The van der Waals surface area contributed by atoms with Crippen molar-refractivity contribution in [1.29, 1.82) is 0 Å². The Labute approximate surface area is 278 Å². The van der Waals surface area contributed by atoms with Gasteiger partial charge in [0.15, 0.2) is 4.80 Å². The van der Waals surface area contributed by atoms with Crippen LogP contribution in [0.4, 0.5) is 5.69 Å². The van der Waals surface area contributed by atoms with Gasteiger partial charge in [-0.05, 0) is 60.7 Å². The highest BCUT2D eigenvalue weighted by Crippen LogP contribution is 2.35. The van der Waals surface area contributed by atoms with E-state index in [0.717, 1.165) is 21.6 Å². The molecule has 11 heteroatoms. The lowest BCUT2D eigenvalue weighted by molar-refractivity contribution is -0.384. The van der Waals surface area contributed by atoms with E-state index in [1.807, 2.05) is 79.1 Å². The van der Waals surface area contributed by atoms with E-state index in [0.29, 0.717) is 31.9 Å². The van der Waals surface area contributed by atoms with Gasteiger partial charge < -0.3 is 9.47 Å². The second-order valence-corrected chi connectivity index (χ2v) is 12.3. The molecule has 6 rings (SSSR count). The van der Waals surface area contributed by atoms with E-state index in [2.05, 4.69) is 0 Å². The van der Waals surface area contributed by atoms with Crippen LogP contribution < -0.4 is 19.6 Å². The zero-order chi connectivity index (χ0) is 32.9. The average molecular weight is 664 g/mol. The van der Waals surface area contributed by atoms with Gasteiger partial charge in [0.25, 0.3) is 11.2 Å². The third-order valence-electron chi connectivity index (χ3n) is 7.55. The van der Waals surface area contributed by atoms with Crippen molar-refractivity contribution in [2.75, 3.05) is 12.9 Å². The summed E-state index contributed by atoms with van der Waals surface area (Å²) in [6.45, 7) is 2.10. The van der Waals surface area contributed by atoms with Crippen LogP contribution >= 0.6 is 23.1 Å². The molecule has 0 saturated heterocycles. The zero-order valence-corrected chi connectivity index (χ0v) is 27.1. The Morgan fingerprint density at radius 2 is 1.70 bits per heavy atom. The molecule has 4 aromatic carbocycles. The van der Waals surface area contributed by atoms with Gasteiger partial charge in [-0.2, -0.15) is 0 Å². The van der Waals surface area contributed by atoms with Crippen molar-refractivity contribution in [2.45, 2.75) is 24.5 Å². The molecule has 1 aliphatic rings. The number of thiazole rings is 1. The molecular weight excluding hydrogens is 635 g/mol. The number of esters is 1. The largest absolute Gasteiger partial charge is 0.488 e. The number of thioether (sulfide) groups is 1. The lowest BCUT2D eigenvalue weighted by Crippen LogP contribution is -2.40. The highest BCUT2D eigenvalue weighted by Gasteiger charge is 2.35. The third-order valence-corrected chi connectivity index (χ3v) is 9.28. The van der Waals surface area contributed by atoms with Crippen LogP contribution in [0.15, 0.2) is 123 Å². The lowest BCUT2D eigenvalue weighted by atomic mass is 9.93. The number of nitro benzene ring substituents is 1. The first-order valence-electron chi connectivity index (χ1n) is 14.8. The number of rotatable bonds is 10. The minimum atomic E-state index is -0.771. The van der Waals surface area contributed by atoms with Crippen molar-refractivity contribution < 1.29 is 19.2 Å².